The summed E-state index contributed by atoms with van der Waals surface area (Å²) in [5.41, 5.74) is 5.56. The van der Waals surface area contributed by atoms with Crippen molar-refractivity contribution >= 4 is 11.8 Å². The van der Waals surface area contributed by atoms with E-state index in [1.807, 2.05) is 6.92 Å². The Hall–Kier alpha value is -2.04. The summed E-state index contributed by atoms with van der Waals surface area (Å²) in [6.07, 6.45) is 4.45. The number of nitrogens with two attached hydrogens (primary N) is 1. The molecule has 2 amide bonds. The number of ether oxygens (including phenoxy) is 1. The average molecular weight is 292 g/mol. The van der Waals surface area contributed by atoms with Crippen molar-refractivity contribution in [3.8, 4) is 5.75 Å². The van der Waals surface area contributed by atoms with Crippen LogP contribution in [0.4, 0.5) is 0 Å². The van der Waals surface area contributed by atoms with Crippen LogP contribution in [0.3, 0.4) is 0 Å². The maximum atomic E-state index is 11.7. The highest BCUT2D eigenvalue weighted by molar-refractivity contribution is 5.92. The Balaban J connectivity index is 2.30. The van der Waals surface area contributed by atoms with Crippen LogP contribution in [0.5, 0.6) is 5.75 Å². The third-order valence-electron chi connectivity index (χ3n) is 3.16. The van der Waals surface area contributed by atoms with Crippen LogP contribution in [0.25, 0.3) is 0 Å². The van der Waals surface area contributed by atoms with E-state index in [2.05, 4.69) is 12.2 Å². The highest BCUT2D eigenvalue weighted by atomic mass is 16.5. The summed E-state index contributed by atoms with van der Waals surface area (Å²) in [5, 5.41) is 2.90. The number of rotatable bonds is 9. The van der Waals surface area contributed by atoms with Crippen LogP contribution in [0.2, 0.25) is 0 Å². The highest BCUT2D eigenvalue weighted by Gasteiger charge is 2.08. The molecular weight excluding hydrogens is 268 g/mol. The van der Waals surface area contributed by atoms with Crippen LogP contribution < -0.4 is 15.8 Å². The monoisotopic (exact) mass is 292 g/mol. The number of hydrogen-bond donors (Lipinski definition) is 2. The first kappa shape index (κ1) is 17.0. The number of benzene rings is 1. The SMILES string of the molecule is CCCCC[C@H](C)NC(=O)COc1ccc(C(N)=O)cc1. The molecule has 0 saturated heterocycles. The van der Waals surface area contributed by atoms with E-state index in [-0.39, 0.29) is 18.6 Å². The van der Waals surface area contributed by atoms with Gasteiger partial charge in [-0.1, -0.05) is 26.2 Å². The fourth-order valence-electron chi connectivity index (χ4n) is 1.95. The molecule has 0 saturated carbocycles. The maximum Gasteiger partial charge on any atom is 0.258 e. The van der Waals surface area contributed by atoms with Gasteiger partial charge in [0.15, 0.2) is 6.61 Å². The molecule has 1 atom stereocenters. The molecule has 0 aliphatic rings. The first-order valence-corrected chi connectivity index (χ1v) is 7.35. The van der Waals surface area contributed by atoms with Gasteiger partial charge in [0.25, 0.3) is 5.91 Å². The van der Waals surface area contributed by atoms with Gasteiger partial charge < -0.3 is 15.8 Å². The van der Waals surface area contributed by atoms with Gasteiger partial charge in [0.1, 0.15) is 5.75 Å². The molecule has 0 aliphatic heterocycles. The lowest BCUT2D eigenvalue weighted by Gasteiger charge is -2.14. The number of carbonyl (C=O) groups is 2. The predicted molar refractivity (Wildman–Crippen MR) is 82.2 cm³/mol. The number of hydrogen-bond acceptors (Lipinski definition) is 3. The molecule has 5 heteroatoms. The molecule has 3 N–H and O–H groups in total. The summed E-state index contributed by atoms with van der Waals surface area (Å²) in [5.74, 6) is -0.0908. The minimum absolute atomic E-state index is 0.0337. The quantitative estimate of drug-likeness (QED) is 0.685. The van der Waals surface area contributed by atoms with E-state index in [4.69, 9.17) is 10.5 Å². The Kier molecular flexibility index (Phi) is 7.29. The summed E-state index contributed by atoms with van der Waals surface area (Å²) in [6.45, 7) is 4.11. The van der Waals surface area contributed by atoms with Crippen molar-refractivity contribution in [1.82, 2.24) is 5.32 Å². The molecule has 0 bridgehead atoms. The molecule has 0 aliphatic carbocycles. The Labute approximate surface area is 125 Å². The number of unbranched alkanes of at least 4 members (excludes halogenated alkanes) is 2. The van der Waals surface area contributed by atoms with Crippen molar-refractivity contribution in [1.29, 1.82) is 0 Å². The second kappa shape index (κ2) is 9.00. The second-order valence-electron chi connectivity index (χ2n) is 5.14. The van der Waals surface area contributed by atoms with Gasteiger partial charge in [-0.15, -0.1) is 0 Å². The molecule has 0 unspecified atom stereocenters. The molecule has 0 radical (unpaired) electrons. The average Bonchev–Trinajstić information content (AvgIpc) is 2.46. The normalized spacial score (nSPS) is 11.7. The van der Waals surface area contributed by atoms with Gasteiger partial charge >= 0.3 is 0 Å². The summed E-state index contributed by atoms with van der Waals surface area (Å²) >= 11 is 0. The molecule has 0 spiro atoms. The van der Waals surface area contributed by atoms with Gasteiger partial charge in [-0.05, 0) is 37.6 Å². The molecule has 5 nitrogen and oxygen atoms in total. The molecule has 116 valence electrons. The number of primary amides is 1. The van der Waals surface area contributed by atoms with Gasteiger partial charge in [-0.2, -0.15) is 0 Å². The molecule has 21 heavy (non-hydrogen) atoms. The van der Waals surface area contributed by atoms with Crippen LogP contribution in [0.15, 0.2) is 24.3 Å². The molecule has 1 rings (SSSR count). The molecular formula is C16H24N2O3. The first-order chi connectivity index (χ1) is 10.0. The van der Waals surface area contributed by atoms with Crippen molar-refractivity contribution in [3.63, 3.8) is 0 Å². The molecule has 1 aromatic rings. The third-order valence-corrected chi connectivity index (χ3v) is 3.16. The maximum absolute atomic E-state index is 11.7. The van der Waals surface area contributed by atoms with Crippen molar-refractivity contribution in [2.75, 3.05) is 6.61 Å². The van der Waals surface area contributed by atoms with E-state index in [1.165, 1.54) is 12.8 Å². The zero-order valence-electron chi connectivity index (χ0n) is 12.7. The Morgan fingerprint density at radius 2 is 1.90 bits per heavy atom. The Morgan fingerprint density at radius 3 is 2.48 bits per heavy atom. The van der Waals surface area contributed by atoms with Crippen LogP contribution in [-0.2, 0) is 4.79 Å². The van der Waals surface area contributed by atoms with Gasteiger partial charge in [0.05, 0.1) is 0 Å². The standard InChI is InChI=1S/C16H24N2O3/c1-3-4-5-6-12(2)18-15(19)11-21-14-9-7-13(8-10-14)16(17)20/h7-10,12H,3-6,11H2,1-2H3,(H2,17,20)(H,18,19)/t12-/m0/s1. The third kappa shape index (κ3) is 6.79. The summed E-state index contributed by atoms with van der Waals surface area (Å²) in [4.78, 5) is 22.6. The largest absolute Gasteiger partial charge is 0.484 e. The lowest BCUT2D eigenvalue weighted by Crippen LogP contribution is -2.36. The minimum atomic E-state index is -0.486. The lowest BCUT2D eigenvalue weighted by molar-refractivity contribution is -0.123. The van der Waals surface area contributed by atoms with Gasteiger partial charge in [0, 0.05) is 11.6 Å². The molecule has 0 heterocycles. The van der Waals surface area contributed by atoms with E-state index in [1.54, 1.807) is 24.3 Å². The van der Waals surface area contributed by atoms with Crippen molar-refractivity contribution in [2.45, 2.75) is 45.6 Å². The number of carbonyl (C=O) groups excluding carboxylic acids is 2. The van der Waals surface area contributed by atoms with Crippen molar-refractivity contribution < 1.29 is 14.3 Å². The van der Waals surface area contributed by atoms with E-state index >= 15 is 0 Å². The van der Waals surface area contributed by atoms with Crippen LogP contribution in [0.1, 0.15) is 49.9 Å². The summed E-state index contributed by atoms with van der Waals surface area (Å²) in [6, 6.07) is 6.55. The molecule has 0 fully saturated rings. The van der Waals surface area contributed by atoms with Gasteiger partial charge in [0.2, 0.25) is 5.91 Å². The smallest absolute Gasteiger partial charge is 0.258 e. The topological polar surface area (TPSA) is 81.4 Å². The van der Waals surface area contributed by atoms with E-state index in [0.29, 0.717) is 11.3 Å². The minimum Gasteiger partial charge on any atom is -0.484 e. The van der Waals surface area contributed by atoms with Crippen LogP contribution in [-0.4, -0.2) is 24.5 Å². The van der Waals surface area contributed by atoms with Crippen molar-refractivity contribution in [3.05, 3.63) is 29.8 Å². The predicted octanol–water partition coefficient (Wildman–Crippen LogP) is 2.25. The zero-order chi connectivity index (χ0) is 15.7. The fraction of sp³-hybridized carbons (Fsp3) is 0.500. The Morgan fingerprint density at radius 1 is 1.24 bits per heavy atom. The van der Waals surface area contributed by atoms with Crippen molar-refractivity contribution in [2.24, 2.45) is 5.73 Å². The molecule has 1 aromatic carbocycles. The summed E-state index contributed by atoms with van der Waals surface area (Å²) < 4.78 is 5.36. The van der Waals surface area contributed by atoms with Crippen LogP contribution >= 0.6 is 0 Å². The zero-order valence-corrected chi connectivity index (χ0v) is 12.7. The second-order valence-corrected chi connectivity index (χ2v) is 5.14. The van der Waals surface area contributed by atoms with Gasteiger partial charge in [-0.25, -0.2) is 0 Å². The van der Waals surface area contributed by atoms with E-state index in [0.717, 1.165) is 12.8 Å². The van der Waals surface area contributed by atoms with Gasteiger partial charge in [-0.3, -0.25) is 9.59 Å². The van der Waals surface area contributed by atoms with E-state index in [9.17, 15) is 9.59 Å². The lowest BCUT2D eigenvalue weighted by atomic mass is 10.1. The highest BCUT2D eigenvalue weighted by Crippen LogP contribution is 2.11. The van der Waals surface area contributed by atoms with E-state index < -0.39 is 5.91 Å². The fourth-order valence-corrected chi connectivity index (χ4v) is 1.95. The van der Waals surface area contributed by atoms with Crippen LogP contribution in [0, 0.1) is 0 Å². The Bertz CT molecular complexity index is 457. The molecule has 0 aromatic heterocycles. The first-order valence-electron chi connectivity index (χ1n) is 7.35. The number of amides is 2. The summed E-state index contributed by atoms with van der Waals surface area (Å²) in [7, 11) is 0. The number of nitrogens with one attached hydrogen (secondary N) is 1.